The Hall–Kier alpha value is -1.57. The summed E-state index contributed by atoms with van der Waals surface area (Å²) in [6.45, 7) is 12.9. The van der Waals surface area contributed by atoms with Crippen molar-refractivity contribution >= 4 is 11.6 Å². The third kappa shape index (κ3) is 1.88. The number of benzene rings is 1. The highest BCUT2D eigenvalue weighted by Gasteiger charge is 2.60. The minimum Gasteiger partial charge on any atom is -0.325 e. The molecule has 2 aliphatic carbocycles. The maximum atomic E-state index is 13.0. The molecule has 0 heterocycles. The molecule has 2 bridgehead atoms. The van der Waals surface area contributed by atoms with Crippen LogP contribution in [0.15, 0.2) is 30.4 Å². The average Bonchev–Trinajstić information content (AvgIpc) is 2.96. The molecule has 3 rings (SSSR count). The Morgan fingerprint density at radius 1 is 1.33 bits per heavy atom. The highest BCUT2D eigenvalue weighted by Crippen LogP contribution is 2.65. The number of hydrogen-bond acceptors (Lipinski definition) is 1. The molecule has 112 valence electrons. The molecule has 0 spiro atoms. The lowest BCUT2D eigenvalue weighted by atomic mass is 9.68. The predicted octanol–water partition coefficient (Wildman–Crippen LogP) is 4.62. The first-order chi connectivity index (χ1) is 9.79. The first-order valence-electron chi connectivity index (χ1n) is 7.86. The summed E-state index contributed by atoms with van der Waals surface area (Å²) in [5.41, 5.74) is 4.19. The highest BCUT2D eigenvalue weighted by molar-refractivity contribution is 5.99. The Balaban J connectivity index is 1.90. The van der Waals surface area contributed by atoms with Crippen LogP contribution in [0.3, 0.4) is 0 Å². The molecule has 0 saturated heterocycles. The van der Waals surface area contributed by atoms with Crippen LogP contribution in [0.25, 0.3) is 0 Å². The van der Waals surface area contributed by atoms with Crippen molar-refractivity contribution in [2.75, 3.05) is 5.32 Å². The molecule has 2 atom stereocenters. The number of fused-ring (bicyclic) bond motifs is 2. The van der Waals surface area contributed by atoms with E-state index in [0.29, 0.717) is 5.92 Å². The summed E-state index contributed by atoms with van der Waals surface area (Å²) < 4.78 is 0. The molecule has 2 fully saturated rings. The van der Waals surface area contributed by atoms with Crippen LogP contribution in [0.5, 0.6) is 0 Å². The van der Waals surface area contributed by atoms with E-state index in [2.05, 4.69) is 45.7 Å². The van der Waals surface area contributed by atoms with E-state index in [0.717, 1.165) is 36.1 Å². The molecule has 2 heteroatoms. The molecule has 21 heavy (non-hydrogen) atoms. The Labute approximate surface area is 127 Å². The molecule has 0 aromatic heterocycles. The summed E-state index contributed by atoms with van der Waals surface area (Å²) in [7, 11) is 0. The standard InChI is InChI=1S/C19H25NO/c1-12-7-6-8-16(13(12)2)20-17(21)19-10-9-15(11-19)18(4,5)14(19)3/h6-8,15H,3,9-11H2,1-2,4-5H3,(H,20,21)/t15-,19+/m1/s1. The fourth-order valence-electron chi connectivity index (χ4n) is 4.27. The van der Waals surface area contributed by atoms with Crippen LogP contribution >= 0.6 is 0 Å². The number of nitrogens with one attached hydrogen (secondary N) is 1. The summed E-state index contributed by atoms with van der Waals surface area (Å²) in [6.07, 6.45) is 3.07. The minimum atomic E-state index is -0.343. The second-order valence-electron chi connectivity index (χ2n) is 7.42. The first-order valence-corrected chi connectivity index (χ1v) is 7.86. The Kier molecular flexibility index (Phi) is 3.05. The zero-order valence-corrected chi connectivity index (χ0v) is 13.5. The van der Waals surface area contributed by atoms with Gasteiger partial charge in [0.1, 0.15) is 0 Å². The number of carbonyl (C=O) groups is 1. The van der Waals surface area contributed by atoms with Gasteiger partial charge >= 0.3 is 0 Å². The third-order valence-corrected chi connectivity index (χ3v) is 6.18. The molecular weight excluding hydrogens is 258 g/mol. The van der Waals surface area contributed by atoms with Gasteiger partial charge in [0, 0.05) is 5.69 Å². The normalized spacial score (nSPS) is 29.7. The maximum Gasteiger partial charge on any atom is 0.234 e. The second-order valence-corrected chi connectivity index (χ2v) is 7.42. The number of carbonyl (C=O) groups excluding carboxylic acids is 1. The SMILES string of the molecule is C=C1C(C)(C)[C@@H]2CC[C@]1(C(=O)Nc1cccc(C)c1C)C2. The molecule has 1 amide bonds. The molecule has 1 aromatic rings. The number of hydrogen-bond donors (Lipinski definition) is 1. The van der Waals surface area contributed by atoms with Crippen molar-refractivity contribution in [1.82, 2.24) is 0 Å². The topological polar surface area (TPSA) is 29.1 Å². The molecule has 1 aromatic carbocycles. The summed E-state index contributed by atoms with van der Waals surface area (Å²) in [4.78, 5) is 13.0. The van der Waals surface area contributed by atoms with E-state index < -0.39 is 0 Å². The summed E-state index contributed by atoms with van der Waals surface area (Å²) in [5, 5.41) is 3.18. The lowest BCUT2D eigenvalue weighted by molar-refractivity contribution is -0.123. The van der Waals surface area contributed by atoms with Gasteiger partial charge in [0.2, 0.25) is 5.91 Å². The molecule has 0 unspecified atom stereocenters. The molecule has 2 nitrogen and oxygen atoms in total. The molecule has 2 saturated carbocycles. The quantitative estimate of drug-likeness (QED) is 0.788. The van der Waals surface area contributed by atoms with Crippen molar-refractivity contribution in [2.24, 2.45) is 16.7 Å². The molecule has 0 aliphatic heterocycles. The van der Waals surface area contributed by atoms with Gasteiger partial charge < -0.3 is 5.32 Å². The summed E-state index contributed by atoms with van der Waals surface area (Å²) in [5.74, 6) is 0.753. The van der Waals surface area contributed by atoms with Gasteiger partial charge in [-0.25, -0.2) is 0 Å². The van der Waals surface area contributed by atoms with Gasteiger partial charge in [-0.15, -0.1) is 0 Å². The molecule has 0 radical (unpaired) electrons. The van der Waals surface area contributed by atoms with Gasteiger partial charge in [-0.2, -0.15) is 0 Å². The van der Waals surface area contributed by atoms with Crippen molar-refractivity contribution in [1.29, 1.82) is 0 Å². The van der Waals surface area contributed by atoms with E-state index in [4.69, 9.17) is 0 Å². The van der Waals surface area contributed by atoms with Crippen molar-refractivity contribution in [2.45, 2.75) is 47.0 Å². The van der Waals surface area contributed by atoms with Crippen molar-refractivity contribution in [3.63, 3.8) is 0 Å². The fourth-order valence-corrected chi connectivity index (χ4v) is 4.27. The number of amides is 1. The van der Waals surface area contributed by atoms with Gasteiger partial charge in [-0.3, -0.25) is 4.79 Å². The van der Waals surface area contributed by atoms with E-state index in [1.165, 1.54) is 5.56 Å². The van der Waals surface area contributed by atoms with Gasteiger partial charge in [0.25, 0.3) is 0 Å². The van der Waals surface area contributed by atoms with Crippen LogP contribution in [-0.4, -0.2) is 5.91 Å². The first kappa shape index (κ1) is 14.4. The third-order valence-electron chi connectivity index (χ3n) is 6.18. The van der Waals surface area contributed by atoms with E-state index in [-0.39, 0.29) is 16.7 Å². The lowest BCUT2D eigenvalue weighted by Crippen LogP contribution is -2.37. The maximum absolute atomic E-state index is 13.0. The Bertz CT molecular complexity index is 628. The van der Waals surface area contributed by atoms with Crippen LogP contribution < -0.4 is 5.32 Å². The zero-order chi connectivity index (χ0) is 15.4. The fraction of sp³-hybridized carbons (Fsp3) is 0.526. The Morgan fingerprint density at radius 3 is 2.67 bits per heavy atom. The Morgan fingerprint density at radius 2 is 2.05 bits per heavy atom. The van der Waals surface area contributed by atoms with Crippen LogP contribution in [0.2, 0.25) is 0 Å². The van der Waals surface area contributed by atoms with Crippen molar-refractivity contribution in [3.8, 4) is 0 Å². The van der Waals surface area contributed by atoms with Crippen LogP contribution in [0.1, 0.15) is 44.2 Å². The monoisotopic (exact) mass is 283 g/mol. The summed E-state index contributed by atoms with van der Waals surface area (Å²) >= 11 is 0. The van der Waals surface area contributed by atoms with Crippen molar-refractivity contribution in [3.05, 3.63) is 41.5 Å². The molecule has 2 aliphatic rings. The van der Waals surface area contributed by atoms with Crippen molar-refractivity contribution < 1.29 is 4.79 Å². The van der Waals surface area contributed by atoms with E-state index in [1.807, 2.05) is 12.1 Å². The van der Waals surface area contributed by atoms with Gasteiger partial charge in [-0.05, 0) is 61.6 Å². The lowest BCUT2D eigenvalue weighted by Gasteiger charge is -2.37. The van der Waals surface area contributed by atoms with Gasteiger partial charge in [0.15, 0.2) is 0 Å². The number of rotatable bonds is 2. The van der Waals surface area contributed by atoms with Gasteiger partial charge in [0.05, 0.1) is 5.41 Å². The number of anilines is 1. The zero-order valence-electron chi connectivity index (χ0n) is 13.5. The smallest absolute Gasteiger partial charge is 0.234 e. The second kappa shape index (κ2) is 4.46. The predicted molar refractivity (Wildman–Crippen MR) is 87.2 cm³/mol. The van der Waals surface area contributed by atoms with E-state index >= 15 is 0 Å². The van der Waals surface area contributed by atoms with Gasteiger partial charge in [-0.1, -0.05) is 38.1 Å². The highest BCUT2D eigenvalue weighted by atomic mass is 16.2. The summed E-state index contributed by atoms with van der Waals surface area (Å²) in [6, 6.07) is 6.07. The van der Waals surface area contributed by atoms with Crippen LogP contribution in [0, 0.1) is 30.6 Å². The minimum absolute atomic E-state index is 0.0945. The largest absolute Gasteiger partial charge is 0.325 e. The van der Waals surface area contributed by atoms with Crippen LogP contribution in [-0.2, 0) is 4.79 Å². The van der Waals surface area contributed by atoms with E-state index in [1.54, 1.807) is 0 Å². The molecule has 1 N–H and O–H groups in total. The average molecular weight is 283 g/mol. The number of aryl methyl sites for hydroxylation is 1. The van der Waals surface area contributed by atoms with E-state index in [9.17, 15) is 4.79 Å². The van der Waals surface area contributed by atoms with Crippen LogP contribution in [0.4, 0.5) is 5.69 Å². The molecular formula is C19H25NO.